The lowest BCUT2D eigenvalue weighted by atomic mass is 9.79. The molecule has 0 bridgehead atoms. The van der Waals surface area contributed by atoms with E-state index in [9.17, 15) is 4.79 Å². The summed E-state index contributed by atoms with van der Waals surface area (Å²) in [5.74, 6) is 0.358. The fourth-order valence-corrected chi connectivity index (χ4v) is 3.23. The average molecular weight is 282 g/mol. The quantitative estimate of drug-likeness (QED) is 0.844. The van der Waals surface area contributed by atoms with Crippen LogP contribution in [-0.2, 0) is 9.53 Å². The van der Waals surface area contributed by atoms with Gasteiger partial charge in [-0.15, -0.1) is 10.2 Å². The normalized spacial score (nSPS) is 22.1. The second-order valence-electron chi connectivity index (χ2n) is 5.33. The zero-order valence-electron chi connectivity index (χ0n) is 10.7. The Bertz CT molecular complexity index is 466. The summed E-state index contributed by atoms with van der Waals surface area (Å²) in [6, 6.07) is 0. The van der Waals surface area contributed by atoms with Crippen LogP contribution in [0.2, 0.25) is 0 Å². The van der Waals surface area contributed by atoms with Crippen molar-refractivity contribution in [3.05, 3.63) is 5.01 Å². The van der Waals surface area contributed by atoms with Crippen LogP contribution in [0.5, 0.6) is 0 Å². The van der Waals surface area contributed by atoms with Crippen molar-refractivity contribution in [3.63, 3.8) is 0 Å². The van der Waals surface area contributed by atoms with Gasteiger partial charge in [-0.3, -0.25) is 4.79 Å². The van der Waals surface area contributed by atoms with Crippen LogP contribution in [0.4, 0.5) is 5.13 Å². The minimum Gasteiger partial charge on any atom is -0.381 e. The summed E-state index contributed by atoms with van der Waals surface area (Å²) in [5.41, 5.74) is 5.05. The van der Waals surface area contributed by atoms with E-state index in [0.717, 1.165) is 10.1 Å². The van der Waals surface area contributed by atoms with Gasteiger partial charge in [0.05, 0.1) is 5.41 Å². The Balaban J connectivity index is 1.63. The summed E-state index contributed by atoms with van der Waals surface area (Å²) >= 11 is 1.59. The second-order valence-corrected chi connectivity index (χ2v) is 6.34. The molecule has 3 rings (SSSR count). The number of primary amides is 1. The first-order chi connectivity index (χ1) is 9.20. The number of nitrogens with two attached hydrogens (primary N) is 1. The molecule has 2 heterocycles. The molecule has 19 heavy (non-hydrogen) atoms. The summed E-state index contributed by atoms with van der Waals surface area (Å²) in [6.45, 7) is 1.70. The van der Waals surface area contributed by atoms with Crippen molar-refractivity contribution in [2.45, 2.75) is 31.6 Å². The largest absolute Gasteiger partial charge is 0.381 e. The zero-order chi connectivity index (χ0) is 13.3. The van der Waals surface area contributed by atoms with Crippen LogP contribution in [0.25, 0.3) is 0 Å². The summed E-state index contributed by atoms with van der Waals surface area (Å²) < 4.78 is 5.31. The van der Waals surface area contributed by atoms with Gasteiger partial charge < -0.3 is 15.8 Å². The number of ether oxygens (including phenoxy) is 1. The van der Waals surface area contributed by atoms with E-state index in [2.05, 4.69) is 15.5 Å². The van der Waals surface area contributed by atoms with E-state index in [1.807, 2.05) is 0 Å². The fourth-order valence-electron chi connectivity index (χ4n) is 2.32. The van der Waals surface area contributed by atoms with E-state index in [4.69, 9.17) is 10.5 Å². The van der Waals surface area contributed by atoms with Gasteiger partial charge in [-0.2, -0.15) is 0 Å². The molecule has 6 nitrogen and oxygen atoms in total. The van der Waals surface area contributed by atoms with Crippen LogP contribution in [0, 0.1) is 5.41 Å². The molecule has 1 aliphatic heterocycles. The number of amides is 1. The first-order valence-corrected chi connectivity index (χ1v) is 7.46. The number of rotatable bonds is 5. The number of hydrogen-bond donors (Lipinski definition) is 2. The number of anilines is 1. The van der Waals surface area contributed by atoms with Gasteiger partial charge in [-0.25, -0.2) is 0 Å². The molecule has 2 fully saturated rings. The molecule has 3 N–H and O–H groups in total. The zero-order valence-corrected chi connectivity index (χ0v) is 11.5. The highest BCUT2D eigenvalue weighted by Crippen LogP contribution is 2.42. The summed E-state index contributed by atoms with van der Waals surface area (Å²) in [5, 5.41) is 13.4. The van der Waals surface area contributed by atoms with Crippen LogP contribution in [-0.4, -0.2) is 35.9 Å². The van der Waals surface area contributed by atoms with Crippen molar-refractivity contribution < 1.29 is 9.53 Å². The predicted molar refractivity (Wildman–Crippen MR) is 72.1 cm³/mol. The molecule has 1 aromatic rings. The van der Waals surface area contributed by atoms with Crippen molar-refractivity contribution in [1.82, 2.24) is 10.2 Å². The number of carbonyl (C=O) groups is 1. The van der Waals surface area contributed by atoms with Gasteiger partial charge in [-0.05, 0) is 25.7 Å². The Morgan fingerprint density at radius 3 is 2.79 bits per heavy atom. The van der Waals surface area contributed by atoms with Gasteiger partial charge in [0.1, 0.15) is 5.01 Å². The lowest BCUT2D eigenvalue weighted by Crippen LogP contribution is -2.46. The molecular formula is C12H18N4O2S. The highest BCUT2D eigenvalue weighted by Gasteiger charge is 2.38. The third-order valence-corrected chi connectivity index (χ3v) is 4.96. The molecule has 0 atom stereocenters. The average Bonchev–Trinajstić information content (AvgIpc) is 3.17. The van der Waals surface area contributed by atoms with Gasteiger partial charge in [0.15, 0.2) is 0 Å². The number of aromatic nitrogens is 2. The summed E-state index contributed by atoms with van der Waals surface area (Å²) in [6.07, 6.45) is 3.78. The Kier molecular flexibility index (Phi) is 3.40. The SMILES string of the molecule is NC(=O)C1(CNc2nnc(C3CC3)s2)CCOCC1. The van der Waals surface area contributed by atoms with Crippen LogP contribution < -0.4 is 11.1 Å². The van der Waals surface area contributed by atoms with E-state index in [0.29, 0.717) is 38.5 Å². The van der Waals surface area contributed by atoms with Gasteiger partial charge in [0.25, 0.3) is 0 Å². The predicted octanol–water partition coefficient (Wildman–Crippen LogP) is 1.11. The van der Waals surface area contributed by atoms with E-state index in [-0.39, 0.29) is 5.91 Å². The van der Waals surface area contributed by atoms with Crippen molar-refractivity contribution in [3.8, 4) is 0 Å². The number of hydrogen-bond acceptors (Lipinski definition) is 6. The Hall–Kier alpha value is -1.21. The van der Waals surface area contributed by atoms with Crippen LogP contribution >= 0.6 is 11.3 Å². The van der Waals surface area contributed by atoms with Crippen molar-refractivity contribution in [1.29, 1.82) is 0 Å². The number of nitrogens with one attached hydrogen (secondary N) is 1. The molecular weight excluding hydrogens is 264 g/mol. The Morgan fingerprint density at radius 2 is 2.16 bits per heavy atom. The molecule has 7 heteroatoms. The third kappa shape index (κ3) is 2.71. The molecule has 1 amide bonds. The van der Waals surface area contributed by atoms with Crippen molar-refractivity contribution >= 4 is 22.4 Å². The van der Waals surface area contributed by atoms with E-state index in [1.54, 1.807) is 11.3 Å². The van der Waals surface area contributed by atoms with E-state index >= 15 is 0 Å². The van der Waals surface area contributed by atoms with Gasteiger partial charge >= 0.3 is 0 Å². The molecule has 0 spiro atoms. The molecule has 0 aromatic carbocycles. The third-order valence-electron chi connectivity index (χ3n) is 3.92. The highest BCUT2D eigenvalue weighted by atomic mass is 32.1. The standard InChI is InChI=1S/C12H18N4O2S/c13-10(17)12(3-5-18-6-4-12)7-14-11-16-15-9(19-11)8-1-2-8/h8H,1-7H2,(H2,13,17)(H,14,16). The van der Waals surface area contributed by atoms with Crippen LogP contribution in [0.15, 0.2) is 0 Å². The van der Waals surface area contributed by atoms with Crippen molar-refractivity contribution in [2.75, 3.05) is 25.1 Å². The molecule has 1 saturated heterocycles. The van der Waals surface area contributed by atoms with Gasteiger partial charge in [-0.1, -0.05) is 11.3 Å². The van der Waals surface area contributed by atoms with Crippen LogP contribution in [0.1, 0.15) is 36.6 Å². The van der Waals surface area contributed by atoms with Crippen molar-refractivity contribution in [2.24, 2.45) is 11.1 Å². The first-order valence-electron chi connectivity index (χ1n) is 6.64. The Labute approximate surface area is 115 Å². The summed E-state index contributed by atoms with van der Waals surface area (Å²) in [7, 11) is 0. The second kappa shape index (κ2) is 5.05. The van der Waals surface area contributed by atoms with Gasteiger partial charge in [0, 0.05) is 25.7 Å². The molecule has 0 unspecified atom stereocenters. The van der Waals surface area contributed by atoms with E-state index in [1.165, 1.54) is 12.8 Å². The molecule has 1 aliphatic carbocycles. The van der Waals surface area contributed by atoms with Crippen LogP contribution in [0.3, 0.4) is 0 Å². The van der Waals surface area contributed by atoms with E-state index < -0.39 is 5.41 Å². The Morgan fingerprint density at radius 1 is 1.42 bits per heavy atom. The fraction of sp³-hybridized carbons (Fsp3) is 0.750. The summed E-state index contributed by atoms with van der Waals surface area (Å²) in [4.78, 5) is 11.7. The number of carbonyl (C=O) groups excluding carboxylic acids is 1. The minimum absolute atomic E-state index is 0.254. The smallest absolute Gasteiger partial charge is 0.225 e. The molecule has 2 aliphatic rings. The monoisotopic (exact) mass is 282 g/mol. The lowest BCUT2D eigenvalue weighted by molar-refractivity contribution is -0.132. The maximum atomic E-state index is 11.7. The molecule has 1 aromatic heterocycles. The molecule has 0 radical (unpaired) electrons. The first kappa shape index (κ1) is 12.8. The minimum atomic E-state index is -0.510. The highest BCUT2D eigenvalue weighted by molar-refractivity contribution is 7.15. The lowest BCUT2D eigenvalue weighted by Gasteiger charge is -2.34. The van der Waals surface area contributed by atoms with Gasteiger partial charge in [0.2, 0.25) is 11.0 Å². The molecule has 1 saturated carbocycles. The maximum Gasteiger partial charge on any atom is 0.225 e. The molecule has 104 valence electrons. The topological polar surface area (TPSA) is 90.1 Å². The maximum absolute atomic E-state index is 11.7. The number of nitrogens with zero attached hydrogens (tertiary/aromatic N) is 2.